The van der Waals surface area contributed by atoms with Crippen molar-refractivity contribution in [3.63, 3.8) is 0 Å². The maximum absolute atomic E-state index is 10.5. The van der Waals surface area contributed by atoms with Gasteiger partial charge in [-0.3, -0.25) is 10.1 Å². The van der Waals surface area contributed by atoms with Crippen molar-refractivity contribution in [2.45, 2.75) is 6.42 Å². The minimum absolute atomic E-state index is 0. The Kier molecular flexibility index (Phi) is 10.4. The van der Waals surface area contributed by atoms with Gasteiger partial charge in [0.2, 0.25) is 0 Å². The van der Waals surface area contributed by atoms with E-state index < -0.39 is 22.8 Å². The summed E-state index contributed by atoms with van der Waals surface area (Å²) in [6.07, 6.45) is -0.331. The van der Waals surface area contributed by atoms with Gasteiger partial charge >= 0.3 is 59.1 Å². The molecule has 0 unspecified atom stereocenters. The number of nitrogens with zero attached hydrogens (tertiary/aromatic N) is 1. The van der Waals surface area contributed by atoms with E-state index in [0.29, 0.717) is 5.56 Å². The molecule has 19 heavy (non-hydrogen) atoms. The molecule has 0 aliphatic carbocycles. The molecule has 1 aromatic rings. The molecule has 0 heterocycles. The van der Waals surface area contributed by atoms with Gasteiger partial charge in [-0.1, -0.05) is 12.1 Å². The first-order valence-electron chi connectivity index (χ1n) is 4.57. The van der Waals surface area contributed by atoms with Gasteiger partial charge in [-0.05, 0) is 12.0 Å². The normalized spacial score (nSPS) is 9.11. The summed E-state index contributed by atoms with van der Waals surface area (Å²) >= 11 is 0. The van der Waals surface area contributed by atoms with E-state index >= 15 is 0 Å². The molecule has 0 spiro atoms. The van der Waals surface area contributed by atoms with Crippen molar-refractivity contribution < 1.29 is 83.8 Å². The van der Waals surface area contributed by atoms with Crippen molar-refractivity contribution in [3.8, 4) is 0 Å². The van der Waals surface area contributed by atoms with Crippen LogP contribution in [0.4, 0.5) is 5.69 Å². The SMILES string of the molecule is O=C([O-])C(Cc1ccc([N+](=O)[O-])cc1)C(=O)[O-].[Na+].[Na+]. The van der Waals surface area contributed by atoms with Gasteiger partial charge in [0, 0.05) is 18.1 Å². The minimum atomic E-state index is -1.77. The summed E-state index contributed by atoms with van der Waals surface area (Å²) in [5.41, 5.74) is 0.182. The van der Waals surface area contributed by atoms with Crippen LogP contribution in [0.5, 0.6) is 0 Å². The smallest absolute Gasteiger partial charge is 0.549 e. The summed E-state index contributed by atoms with van der Waals surface area (Å²) in [5.74, 6) is -5.26. The van der Waals surface area contributed by atoms with E-state index in [0.717, 1.165) is 12.1 Å². The van der Waals surface area contributed by atoms with Crippen molar-refractivity contribution in [1.29, 1.82) is 0 Å². The molecule has 0 fully saturated rings. The molecule has 7 nitrogen and oxygen atoms in total. The molecule has 0 saturated heterocycles. The number of hydrogen-bond donors (Lipinski definition) is 0. The van der Waals surface area contributed by atoms with Gasteiger partial charge in [0.25, 0.3) is 5.69 Å². The number of nitro benzene ring substituents is 1. The first kappa shape index (κ1) is 20.9. The van der Waals surface area contributed by atoms with Gasteiger partial charge in [-0.25, -0.2) is 0 Å². The number of hydrogen-bond acceptors (Lipinski definition) is 6. The Bertz CT molecular complexity index is 448. The largest absolute Gasteiger partial charge is 1.00 e. The quantitative estimate of drug-likeness (QED) is 0.229. The maximum Gasteiger partial charge on any atom is 1.00 e. The first-order valence-corrected chi connectivity index (χ1v) is 4.57. The third-order valence-electron chi connectivity index (χ3n) is 2.16. The standard InChI is InChI=1S/C10H9NO6.2Na/c12-9(13)8(10(14)15)5-6-1-3-7(4-2-6)11(16)17;;/h1-4,8H,5H2,(H,12,13)(H,14,15);;/q;2*+1/p-2. The molecule has 9 heteroatoms. The number of benzene rings is 1. The average Bonchev–Trinajstić information content (AvgIpc) is 2.25. The molecular weight excluding hydrogens is 276 g/mol. The van der Waals surface area contributed by atoms with Gasteiger partial charge in [-0.2, -0.15) is 0 Å². The zero-order valence-corrected chi connectivity index (χ0v) is 14.5. The van der Waals surface area contributed by atoms with Crippen LogP contribution in [0.15, 0.2) is 24.3 Å². The zero-order valence-electron chi connectivity index (χ0n) is 10.5. The van der Waals surface area contributed by atoms with E-state index in [2.05, 4.69) is 0 Å². The summed E-state index contributed by atoms with van der Waals surface area (Å²) in [7, 11) is 0. The summed E-state index contributed by atoms with van der Waals surface area (Å²) in [5, 5.41) is 31.3. The van der Waals surface area contributed by atoms with Gasteiger partial charge in [0.05, 0.1) is 16.9 Å². The fourth-order valence-electron chi connectivity index (χ4n) is 1.25. The molecule has 0 aliphatic heterocycles. The maximum atomic E-state index is 10.5. The molecular formula is C10H7NNa2O6. The number of rotatable bonds is 5. The van der Waals surface area contributed by atoms with E-state index in [4.69, 9.17) is 0 Å². The second-order valence-electron chi connectivity index (χ2n) is 3.32. The predicted octanol–water partition coefficient (Wildman–Crippen LogP) is -7.74. The zero-order chi connectivity index (χ0) is 13.0. The van der Waals surface area contributed by atoms with Crippen LogP contribution in [-0.4, -0.2) is 16.9 Å². The Morgan fingerprint density at radius 1 is 1.05 bits per heavy atom. The van der Waals surface area contributed by atoms with Crippen molar-refractivity contribution in [2.75, 3.05) is 0 Å². The van der Waals surface area contributed by atoms with E-state index in [1.54, 1.807) is 0 Å². The van der Waals surface area contributed by atoms with Crippen LogP contribution < -0.4 is 69.3 Å². The van der Waals surface area contributed by atoms with Crippen LogP contribution in [0, 0.1) is 16.0 Å². The molecule has 1 aromatic carbocycles. The Balaban J connectivity index is 0. The molecule has 0 radical (unpaired) electrons. The van der Waals surface area contributed by atoms with E-state index in [1.165, 1.54) is 12.1 Å². The number of carbonyl (C=O) groups excluding carboxylic acids is 2. The van der Waals surface area contributed by atoms with Crippen LogP contribution in [0.25, 0.3) is 0 Å². The molecule has 90 valence electrons. The van der Waals surface area contributed by atoms with E-state index in [1.807, 2.05) is 0 Å². The van der Waals surface area contributed by atoms with E-state index in [-0.39, 0.29) is 71.2 Å². The number of carbonyl (C=O) groups is 2. The summed E-state index contributed by atoms with van der Waals surface area (Å²) in [6, 6.07) is 4.90. The van der Waals surface area contributed by atoms with Crippen molar-refractivity contribution in [1.82, 2.24) is 0 Å². The summed E-state index contributed by atoms with van der Waals surface area (Å²) in [6.45, 7) is 0. The molecule has 0 amide bonds. The van der Waals surface area contributed by atoms with Gasteiger partial charge < -0.3 is 19.8 Å². The topological polar surface area (TPSA) is 123 Å². The number of carboxylic acid groups (broad SMARTS) is 2. The second-order valence-corrected chi connectivity index (χ2v) is 3.32. The fraction of sp³-hybridized carbons (Fsp3) is 0.200. The minimum Gasteiger partial charge on any atom is -0.549 e. The Labute approximate surface area is 152 Å². The number of nitro groups is 1. The van der Waals surface area contributed by atoms with Crippen LogP contribution in [0.1, 0.15) is 5.56 Å². The average molecular weight is 283 g/mol. The predicted molar refractivity (Wildman–Crippen MR) is 50.3 cm³/mol. The molecule has 0 N–H and O–H groups in total. The Hall–Kier alpha value is -0.440. The molecule has 1 rings (SSSR count). The molecule has 0 atom stereocenters. The Morgan fingerprint density at radius 3 is 1.79 bits per heavy atom. The second kappa shape index (κ2) is 9.46. The van der Waals surface area contributed by atoms with Gasteiger partial charge in [0.15, 0.2) is 0 Å². The third kappa shape index (κ3) is 6.51. The fourth-order valence-corrected chi connectivity index (χ4v) is 1.25. The molecule has 0 aliphatic rings. The first-order chi connectivity index (χ1) is 7.91. The summed E-state index contributed by atoms with van der Waals surface area (Å²) in [4.78, 5) is 30.7. The number of carboxylic acids is 2. The van der Waals surface area contributed by atoms with Crippen molar-refractivity contribution in [2.24, 2.45) is 5.92 Å². The van der Waals surface area contributed by atoms with Gasteiger partial charge in [0.1, 0.15) is 0 Å². The van der Waals surface area contributed by atoms with Crippen LogP contribution in [0.3, 0.4) is 0 Å². The number of non-ortho nitro benzene ring substituents is 1. The van der Waals surface area contributed by atoms with Crippen molar-refractivity contribution >= 4 is 17.6 Å². The monoisotopic (exact) mass is 283 g/mol. The van der Waals surface area contributed by atoms with Gasteiger partial charge in [-0.15, -0.1) is 0 Å². The molecule has 0 saturated carbocycles. The van der Waals surface area contributed by atoms with Crippen molar-refractivity contribution in [3.05, 3.63) is 39.9 Å². The number of aliphatic carboxylic acids is 2. The third-order valence-corrected chi connectivity index (χ3v) is 2.16. The van der Waals surface area contributed by atoms with Crippen LogP contribution in [0.2, 0.25) is 0 Å². The van der Waals surface area contributed by atoms with Crippen LogP contribution in [-0.2, 0) is 16.0 Å². The molecule has 0 bridgehead atoms. The Morgan fingerprint density at radius 2 is 1.47 bits per heavy atom. The summed E-state index contributed by atoms with van der Waals surface area (Å²) < 4.78 is 0. The van der Waals surface area contributed by atoms with E-state index in [9.17, 15) is 29.9 Å². The van der Waals surface area contributed by atoms with Crippen LogP contribution >= 0.6 is 0 Å². The molecule has 0 aromatic heterocycles.